The van der Waals surface area contributed by atoms with Gasteiger partial charge in [0.15, 0.2) is 12.2 Å². The molecule has 0 aliphatic rings. The molecular weight excluding hydrogens is 1390 g/mol. The van der Waals surface area contributed by atoms with Crippen molar-refractivity contribution in [3.05, 3.63) is 45.7 Å². The van der Waals surface area contributed by atoms with Crippen LogP contribution < -0.4 is 16.0 Å². The van der Waals surface area contributed by atoms with Gasteiger partial charge >= 0.3 is 0 Å². The molecule has 0 bridgehead atoms. The lowest BCUT2D eigenvalue weighted by molar-refractivity contribution is -0.126. The molecule has 21 nitrogen and oxygen atoms in total. The lowest BCUT2D eigenvalue weighted by atomic mass is 9.99. The van der Waals surface area contributed by atoms with Gasteiger partial charge in [-0.25, -0.2) is 0 Å². The zero-order chi connectivity index (χ0) is 47.3. The summed E-state index contributed by atoms with van der Waals surface area (Å²) in [4.78, 5) is 84.7. The highest BCUT2D eigenvalue weighted by atomic mass is 127. The van der Waals surface area contributed by atoms with E-state index in [1.165, 1.54) is 25.9 Å². The number of nitrogens with one attached hydrogen (secondary N) is 3. The van der Waals surface area contributed by atoms with Crippen molar-refractivity contribution in [2.75, 3.05) is 90.5 Å². The first-order chi connectivity index (χ1) is 29.1. The number of hydrogen-bond acceptors (Lipinski definition) is 15. The van der Waals surface area contributed by atoms with Crippen LogP contribution in [0.1, 0.15) is 53.4 Å². The van der Waals surface area contributed by atoms with Crippen LogP contribution in [0.2, 0.25) is 0 Å². The van der Waals surface area contributed by atoms with Crippen LogP contribution >= 0.6 is 113 Å². The van der Waals surface area contributed by atoms with Gasteiger partial charge in [0.1, 0.15) is 0 Å². The molecule has 0 aliphatic heterocycles. The number of hydrogen-bond donors (Lipinski definition) is 12. The van der Waals surface area contributed by atoms with Gasteiger partial charge in [-0.3, -0.25) is 28.8 Å². The molecule has 2 rings (SSSR count). The monoisotopic (exact) mass is 1440 g/mol. The Morgan fingerprint density at radius 3 is 1.42 bits per heavy atom. The summed E-state index contributed by atoms with van der Waals surface area (Å²) in [5.41, 5.74) is -0.0985. The highest BCUT2D eigenvalue weighted by Gasteiger charge is 2.34. The summed E-state index contributed by atoms with van der Waals surface area (Å²) >= 11 is 8.95. The number of benzene rings is 2. The summed E-state index contributed by atoms with van der Waals surface area (Å²) in [7, 11) is 2.71. The van der Waals surface area contributed by atoms with Crippen LogP contribution in [0.3, 0.4) is 0 Å². The second kappa shape index (κ2) is 26.6. The summed E-state index contributed by atoms with van der Waals surface area (Å²) in [5, 5.41) is 95.0. The number of rotatable bonds is 22. The predicted molar refractivity (Wildman–Crippen MR) is 265 cm³/mol. The maximum Gasteiger partial charge on any atom is 0.255 e. The van der Waals surface area contributed by atoms with E-state index in [9.17, 15) is 74.7 Å². The standard InChI is InChI=1S/C36H47I5N6O15/c1-15-20(24(37)22(34(60)45(2)9-16(53)11-49)27(40)29(15)43-31(57)18(55)13-51)36(62)47(7-8-48)6-4-5-42-33(59)21-25(38)23(35(61)46(3)10-17(54)12-50)28(41)30(26(21)39)44-32(58)19(56)14-52/h16-19,48-56H,4-14H2,1-3H3,(H,42,59)(H,43,57)(H,44,58). The molecule has 2 aromatic carbocycles. The van der Waals surface area contributed by atoms with E-state index in [1.807, 2.05) is 0 Å². The quantitative estimate of drug-likeness (QED) is 0.0482. The third kappa shape index (κ3) is 14.3. The van der Waals surface area contributed by atoms with Gasteiger partial charge in [0, 0.05) is 54.0 Å². The van der Waals surface area contributed by atoms with Gasteiger partial charge in [-0.2, -0.15) is 0 Å². The van der Waals surface area contributed by atoms with E-state index >= 15 is 0 Å². The fourth-order valence-corrected chi connectivity index (χ4v) is 12.7. The van der Waals surface area contributed by atoms with Crippen molar-refractivity contribution in [2.45, 2.75) is 37.8 Å². The van der Waals surface area contributed by atoms with Crippen LogP contribution in [0.5, 0.6) is 0 Å². The number of amides is 6. The van der Waals surface area contributed by atoms with Gasteiger partial charge in [0.2, 0.25) is 0 Å². The van der Waals surface area contributed by atoms with E-state index in [2.05, 4.69) is 16.0 Å². The lowest BCUT2D eigenvalue weighted by Gasteiger charge is -2.28. The van der Waals surface area contributed by atoms with Crippen molar-refractivity contribution in [1.29, 1.82) is 0 Å². The molecule has 62 heavy (non-hydrogen) atoms. The van der Waals surface area contributed by atoms with Gasteiger partial charge < -0.3 is 76.6 Å². The summed E-state index contributed by atoms with van der Waals surface area (Å²) in [5.74, 6) is -4.84. The summed E-state index contributed by atoms with van der Waals surface area (Å²) < 4.78 is 0.798. The summed E-state index contributed by atoms with van der Waals surface area (Å²) in [6.45, 7) is -3.10. The van der Waals surface area contributed by atoms with E-state index in [-0.39, 0.29) is 96.2 Å². The fraction of sp³-hybridized carbons (Fsp3) is 0.500. The van der Waals surface area contributed by atoms with E-state index in [4.69, 9.17) is 0 Å². The van der Waals surface area contributed by atoms with E-state index in [0.717, 1.165) is 9.80 Å². The molecule has 4 atom stereocenters. The van der Waals surface area contributed by atoms with E-state index in [0.29, 0.717) is 0 Å². The number of carbonyl (C=O) groups is 6. The smallest absolute Gasteiger partial charge is 0.255 e. The highest BCUT2D eigenvalue weighted by molar-refractivity contribution is 14.1. The van der Waals surface area contributed by atoms with Crippen LogP contribution in [-0.2, 0) is 9.59 Å². The molecule has 0 saturated carbocycles. The minimum absolute atomic E-state index is 0.0222. The number of aliphatic hydroxyl groups excluding tert-OH is 9. The Labute approximate surface area is 424 Å². The van der Waals surface area contributed by atoms with Crippen molar-refractivity contribution < 1.29 is 74.7 Å². The van der Waals surface area contributed by atoms with E-state index < -0.39 is 92.9 Å². The number of aliphatic hydroxyl groups is 9. The average Bonchev–Trinajstić information content (AvgIpc) is 3.23. The molecule has 0 heterocycles. The molecule has 6 amide bonds. The molecule has 0 saturated heterocycles. The molecule has 4 unspecified atom stereocenters. The van der Waals surface area contributed by atoms with Gasteiger partial charge in [-0.05, 0) is 132 Å². The molecule has 0 fully saturated rings. The highest BCUT2D eigenvalue weighted by Crippen LogP contribution is 2.38. The van der Waals surface area contributed by atoms with Crippen molar-refractivity contribution in [3.8, 4) is 0 Å². The van der Waals surface area contributed by atoms with Crippen molar-refractivity contribution in [1.82, 2.24) is 20.0 Å². The minimum atomic E-state index is -1.85. The largest absolute Gasteiger partial charge is 0.395 e. The Hall–Kier alpha value is -1.45. The maximum absolute atomic E-state index is 14.4. The normalized spacial score (nSPS) is 13.1. The first-order valence-corrected chi connectivity index (χ1v) is 23.6. The fourth-order valence-electron chi connectivity index (χ4n) is 5.58. The third-order valence-corrected chi connectivity index (χ3v) is 14.3. The Kier molecular flexibility index (Phi) is 24.3. The maximum atomic E-state index is 14.4. The average molecular weight is 1440 g/mol. The molecule has 0 aromatic heterocycles. The molecule has 26 heteroatoms. The number of halogens is 5. The van der Waals surface area contributed by atoms with Crippen molar-refractivity contribution in [2.24, 2.45) is 0 Å². The lowest BCUT2D eigenvalue weighted by Crippen LogP contribution is -2.39. The Bertz CT molecular complexity index is 2000. The van der Waals surface area contributed by atoms with Gasteiger partial charge in [0.25, 0.3) is 35.4 Å². The molecule has 2 aromatic rings. The first kappa shape index (κ1) is 56.7. The van der Waals surface area contributed by atoms with Crippen LogP contribution in [-0.4, -0.2) is 200 Å². The summed E-state index contributed by atoms with van der Waals surface area (Å²) in [6, 6.07) is 0. The van der Waals surface area contributed by atoms with Crippen LogP contribution in [0.25, 0.3) is 0 Å². The number of likely N-dealkylation sites (N-methyl/N-ethyl adjacent to an activating group) is 2. The first-order valence-electron chi connectivity index (χ1n) is 18.2. The zero-order valence-corrected chi connectivity index (χ0v) is 44.1. The molecule has 12 N–H and O–H groups in total. The number of nitrogens with zero attached hydrogens (tertiary/aromatic N) is 3. The second-order valence-electron chi connectivity index (χ2n) is 13.5. The van der Waals surface area contributed by atoms with Crippen LogP contribution in [0.4, 0.5) is 11.4 Å². The zero-order valence-electron chi connectivity index (χ0n) is 33.3. The predicted octanol–water partition coefficient (Wildman–Crippen LogP) is -1.29. The summed E-state index contributed by atoms with van der Waals surface area (Å²) in [6.07, 6.45) is -6.17. The minimum Gasteiger partial charge on any atom is -0.395 e. The second-order valence-corrected chi connectivity index (χ2v) is 18.9. The third-order valence-electron chi connectivity index (χ3n) is 8.89. The van der Waals surface area contributed by atoms with Crippen LogP contribution in [0.15, 0.2) is 0 Å². The molecular formula is C36H47I5N6O15. The molecule has 0 radical (unpaired) electrons. The number of anilines is 2. The number of carbonyl (C=O) groups excluding carboxylic acids is 6. The molecule has 346 valence electrons. The molecule has 0 spiro atoms. The Balaban J connectivity index is 2.58. The topological polar surface area (TPSA) is 330 Å². The Morgan fingerprint density at radius 2 is 0.984 bits per heavy atom. The van der Waals surface area contributed by atoms with Gasteiger partial charge in [0.05, 0.1) is 89.6 Å². The van der Waals surface area contributed by atoms with Gasteiger partial charge in [-0.1, -0.05) is 0 Å². The SMILES string of the molecule is Cc1c(NC(=O)C(O)CO)c(I)c(C(=O)N(C)CC(O)CO)c(I)c1C(=O)N(CCO)CCCNC(=O)c1c(I)c(NC(=O)C(O)CO)c(I)c(C(=O)N(C)CC(O)CO)c1I. The van der Waals surface area contributed by atoms with Crippen molar-refractivity contribution >= 4 is 160 Å². The molecule has 0 aliphatic carbocycles. The van der Waals surface area contributed by atoms with Crippen LogP contribution in [0, 0.1) is 24.8 Å². The van der Waals surface area contributed by atoms with E-state index in [1.54, 1.807) is 113 Å². The Morgan fingerprint density at radius 1 is 0.565 bits per heavy atom. The van der Waals surface area contributed by atoms with Gasteiger partial charge in [-0.15, -0.1) is 0 Å². The van der Waals surface area contributed by atoms with Crippen molar-refractivity contribution in [3.63, 3.8) is 0 Å².